The summed E-state index contributed by atoms with van der Waals surface area (Å²) in [7, 11) is 0. The van der Waals surface area contributed by atoms with Crippen LogP contribution in [0.5, 0.6) is 0 Å². The van der Waals surface area contributed by atoms with E-state index in [0.717, 1.165) is 11.4 Å². The van der Waals surface area contributed by atoms with Crippen LogP contribution in [0.1, 0.15) is 61.8 Å². The molecule has 2 nitrogen and oxygen atoms in total. The minimum atomic E-state index is 0.479. The van der Waals surface area contributed by atoms with Crippen LogP contribution in [0.2, 0.25) is 0 Å². The number of nitrogens with zero attached hydrogens (tertiary/aromatic N) is 2. The fourth-order valence-corrected chi connectivity index (χ4v) is 4.22. The summed E-state index contributed by atoms with van der Waals surface area (Å²) in [5.41, 5.74) is 8.38. The van der Waals surface area contributed by atoms with E-state index in [9.17, 15) is 0 Å². The van der Waals surface area contributed by atoms with Gasteiger partial charge in [0.2, 0.25) is 0 Å². The molecular weight excluding hydrogens is 448 g/mol. The minimum Gasteiger partial charge on any atom is -0.234 e. The maximum absolute atomic E-state index is 4.77. The molecule has 0 radical (unpaired) electrons. The minimum absolute atomic E-state index is 0.479. The lowest BCUT2D eigenvalue weighted by molar-refractivity contribution is 0.865. The molecule has 0 N–H and O–H groups in total. The number of hydrogen-bond acceptors (Lipinski definition) is 2. The van der Waals surface area contributed by atoms with Crippen LogP contribution in [0.15, 0.2) is 133 Å². The molecule has 0 spiro atoms. The van der Waals surface area contributed by atoms with Gasteiger partial charge in [0.15, 0.2) is 0 Å². The first kappa shape index (κ1) is 25.9. The van der Waals surface area contributed by atoms with E-state index in [1.165, 1.54) is 27.8 Å². The Morgan fingerprint density at radius 1 is 0.595 bits per heavy atom. The smallest absolute Gasteiger partial charge is 0.0652 e. The lowest BCUT2D eigenvalue weighted by Crippen LogP contribution is -2.08. The van der Waals surface area contributed by atoms with Crippen molar-refractivity contribution in [2.75, 3.05) is 5.01 Å². The van der Waals surface area contributed by atoms with Crippen LogP contribution in [0.3, 0.4) is 0 Å². The van der Waals surface area contributed by atoms with Gasteiger partial charge in [-0.05, 0) is 70.0 Å². The van der Waals surface area contributed by atoms with Gasteiger partial charge in [0.05, 0.1) is 11.4 Å². The zero-order chi connectivity index (χ0) is 26.0. The second-order valence-corrected chi connectivity index (χ2v) is 9.77. The summed E-state index contributed by atoms with van der Waals surface area (Å²) >= 11 is 0. The van der Waals surface area contributed by atoms with Crippen LogP contribution >= 0.6 is 0 Å². The Morgan fingerprint density at radius 2 is 1.08 bits per heavy atom. The summed E-state index contributed by atoms with van der Waals surface area (Å²) in [5, 5.41) is 6.72. The largest absolute Gasteiger partial charge is 0.234 e. The molecule has 0 bridgehead atoms. The van der Waals surface area contributed by atoms with E-state index in [1.54, 1.807) is 0 Å². The summed E-state index contributed by atoms with van der Waals surface area (Å²) in [6.07, 6.45) is 8.12. The number of para-hydroxylation sites is 2. The first-order chi connectivity index (χ1) is 18.0. The van der Waals surface area contributed by atoms with E-state index in [0.29, 0.717) is 11.8 Å². The Kier molecular flexibility index (Phi) is 8.89. The molecule has 0 aliphatic rings. The number of rotatable bonds is 9. The van der Waals surface area contributed by atoms with E-state index in [1.807, 2.05) is 53.7 Å². The predicted molar refractivity (Wildman–Crippen MR) is 161 cm³/mol. The van der Waals surface area contributed by atoms with Crippen molar-refractivity contribution in [1.82, 2.24) is 0 Å². The van der Waals surface area contributed by atoms with Crippen molar-refractivity contribution in [2.45, 2.75) is 39.5 Å². The first-order valence-corrected chi connectivity index (χ1v) is 13.0. The molecule has 0 fully saturated rings. The average Bonchev–Trinajstić information content (AvgIpc) is 2.94. The van der Waals surface area contributed by atoms with Crippen molar-refractivity contribution in [1.29, 1.82) is 0 Å². The molecule has 0 saturated heterocycles. The Labute approximate surface area is 222 Å². The quantitative estimate of drug-likeness (QED) is 0.131. The molecular formula is C35H36N2. The number of hydrazone groups is 1. The van der Waals surface area contributed by atoms with Crippen LogP contribution in [-0.4, -0.2) is 6.21 Å². The summed E-state index contributed by atoms with van der Waals surface area (Å²) in [4.78, 5) is 0. The van der Waals surface area contributed by atoms with Crippen molar-refractivity contribution in [3.63, 3.8) is 0 Å². The third kappa shape index (κ3) is 6.95. The maximum atomic E-state index is 4.77. The predicted octanol–water partition coefficient (Wildman–Crippen LogP) is 9.75. The second kappa shape index (κ2) is 12.7. The molecule has 0 heterocycles. The topological polar surface area (TPSA) is 15.6 Å². The molecule has 0 amide bonds. The zero-order valence-electron chi connectivity index (χ0n) is 22.3. The van der Waals surface area contributed by atoms with Crippen molar-refractivity contribution in [3.05, 3.63) is 150 Å². The Morgan fingerprint density at radius 3 is 1.54 bits per heavy atom. The van der Waals surface area contributed by atoms with Gasteiger partial charge in [0.25, 0.3) is 0 Å². The van der Waals surface area contributed by atoms with Crippen LogP contribution in [0, 0.1) is 0 Å². The van der Waals surface area contributed by atoms with Gasteiger partial charge in [-0.1, -0.05) is 125 Å². The van der Waals surface area contributed by atoms with Gasteiger partial charge < -0.3 is 0 Å². The molecule has 0 atom stereocenters. The second-order valence-electron chi connectivity index (χ2n) is 9.77. The van der Waals surface area contributed by atoms with Crippen LogP contribution in [0.4, 0.5) is 11.4 Å². The Bertz CT molecular complexity index is 1270. The average molecular weight is 485 g/mol. The number of anilines is 2. The zero-order valence-corrected chi connectivity index (χ0v) is 22.3. The summed E-state index contributed by atoms with van der Waals surface area (Å²) in [5.74, 6) is 0.959. The van der Waals surface area contributed by atoms with Crippen molar-refractivity contribution in [2.24, 2.45) is 5.10 Å². The molecule has 4 rings (SSSR count). The number of benzene rings is 4. The SMILES string of the molecule is CC(C)c1cccc(C(=CC=CC=NN(c2ccccc2)c2ccccc2)c2cccc(C(C)C)c2)c1. The molecule has 186 valence electrons. The lowest BCUT2D eigenvalue weighted by Gasteiger charge is -2.18. The molecule has 0 aliphatic heterocycles. The van der Waals surface area contributed by atoms with E-state index >= 15 is 0 Å². The molecule has 0 unspecified atom stereocenters. The van der Waals surface area contributed by atoms with Gasteiger partial charge in [-0.2, -0.15) is 5.10 Å². The van der Waals surface area contributed by atoms with Crippen LogP contribution in [0.25, 0.3) is 5.57 Å². The molecule has 4 aromatic carbocycles. The van der Waals surface area contributed by atoms with E-state index in [4.69, 9.17) is 5.10 Å². The van der Waals surface area contributed by atoms with Crippen molar-refractivity contribution >= 4 is 23.2 Å². The van der Waals surface area contributed by atoms with Gasteiger partial charge >= 0.3 is 0 Å². The van der Waals surface area contributed by atoms with E-state index in [2.05, 4.69) is 113 Å². The molecule has 4 aromatic rings. The Hall–Kier alpha value is -4.17. The van der Waals surface area contributed by atoms with Gasteiger partial charge in [0.1, 0.15) is 0 Å². The highest BCUT2D eigenvalue weighted by molar-refractivity contribution is 5.83. The third-order valence-electron chi connectivity index (χ3n) is 6.37. The molecule has 0 aromatic heterocycles. The van der Waals surface area contributed by atoms with Gasteiger partial charge in [-0.3, -0.25) is 0 Å². The van der Waals surface area contributed by atoms with Crippen LogP contribution < -0.4 is 5.01 Å². The first-order valence-electron chi connectivity index (χ1n) is 13.0. The highest BCUT2D eigenvalue weighted by Crippen LogP contribution is 2.29. The van der Waals surface area contributed by atoms with Crippen molar-refractivity contribution < 1.29 is 0 Å². The molecule has 2 heteroatoms. The maximum Gasteiger partial charge on any atom is 0.0652 e. The summed E-state index contributed by atoms with van der Waals surface area (Å²) < 4.78 is 0. The van der Waals surface area contributed by atoms with E-state index in [-0.39, 0.29) is 0 Å². The van der Waals surface area contributed by atoms with Gasteiger partial charge in [-0.15, -0.1) is 0 Å². The highest BCUT2D eigenvalue weighted by Gasteiger charge is 2.09. The van der Waals surface area contributed by atoms with E-state index < -0.39 is 0 Å². The summed E-state index contributed by atoms with van der Waals surface area (Å²) in [6.45, 7) is 8.96. The normalized spacial score (nSPS) is 11.5. The van der Waals surface area contributed by atoms with Crippen molar-refractivity contribution in [3.8, 4) is 0 Å². The standard InChI is InChI=1S/C35H36N2/c1-27(2)29-15-13-17-31(25-29)35(32-18-14-16-30(26-32)28(3)4)23-11-12-24-36-37(33-19-7-5-8-20-33)34-21-9-6-10-22-34/h5-28H,1-4H3. The molecule has 37 heavy (non-hydrogen) atoms. The van der Waals surface area contributed by atoms with Gasteiger partial charge in [-0.25, -0.2) is 5.01 Å². The molecule has 0 saturated carbocycles. The lowest BCUT2D eigenvalue weighted by atomic mass is 9.91. The van der Waals surface area contributed by atoms with Crippen LogP contribution in [-0.2, 0) is 0 Å². The highest BCUT2D eigenvalue weighted by atomic mass is 15.5. The number of allylic oxidation sites excluding steroid dienone is 3. The fourth-order valence-electron chi connectivity index (χ4n) is 4.22. The molecule has 0 aliphatic carbocycles. The Balaban J connectivity index is 1.67. The third-order valence-corrected chi connectivity index (χ3v) is 6.37. The summed E-state index contributed by atoms with van der Waals surface area (Å²) in [6, 6.07) is 38.2. The number of hydrogen-bond donors (Lipinski definition) is 0. The van der Waals surface area contributed by atoms with Gasteiger partial charge in [0, 0.05) is 6.21 Å². The monoisotopic (exact) mass is 484 g/mol. The fraction of sp³-hybridized carbons (Fsp3) is 0.171.